The van der Waals surface area contributed by atoms with E-state index in [-0.39, 0.29) is 11.8 Å². The fraction of sp³-hybridized carbons (Fsp3) is 0.344. The van der Waals surface area contributed by atoms with Gasteiger partial charge in [-0.05, 0) is 91.0 Å². The molecule has 0 spiro atoms. The van der Waals surface area contributed by atoms with Gasteiger partial charge >= 0.3 is 0 Å². The first-order valence-electron chi connectivity index (χ1n) is 13.6. The number of pyridine rings is 1. The van der Waals surface area contributed by atoms with E-state index in [1.807, 2.05) is 42.5 Å². The number of nitrogens with one attached hydrogen (secondary N) is 1. The molecule has 2 aliphatic carbocycles. The molecular formula is C32H33ClN4O. The summed E-state index contributed by atoms with van der Waals surface area (Å²) in [4.78, 5) is 18.0. The van der Waals surface area contributed by atoms with Crippen molar-refractivity contribution in [1.29, 1.82) is 0 Å². The van der Waals surface area contributed by atoms with Crippen LogP contribution in [-0.4, -0.2) is 20.7 Å². The van der Waals surface area contributed by atoms with Gasteiger partial charge in [0.2, 0.25) is 5.91 Å². The highest BCUT2D eigenvalue weighted by Gasteiger charge is 2.44. The van der Waals surface area contributed by atoms with Gasteiger partial charge in [0.25, 0.3) is 0 Å². The summed E-state index contributed by atoms with van der Waals surface area (Å²) in [5.41, 5.74) is 6.13. The van der Waals surface area contributed by atoms with Crippen LogP contribution in [0.2, 0.25) is 5.02 Å². The van der Waals surface area contributed by atoms with Crippen LogP contribution in [0.3, 0.4) is 0 Å². The molecule has 194 valence electrons. The zero-order valence-electron chi connectivity index (χ0n) is 21.8. The molecule has 6 heteroatoms. The maximum atomic E-state index is 13.6. The number of para-hydroxylation sites is 1. The Morgan fingerprint density at radius 3 is 2.63 bits per heavy atom. The minimum atomic E-state index is -0.0985. The highest BCUT2D eigenvalue weighted by molar-refractivity contribution is 6.33. The van der Waals surface area contributed by atoms with Crippen LogP contribution in [-0.2, 0) is 17.6 Å². The number of carbonyl (C=O) groups is 1. The van der Waals surface area contributed by atoms with E-state index in [0.717, 1.165) is 48.3 Å². The topological polar surface area (TPSA) is 59.8 Å². The molecule has 2 aromatic heterocycles. The first kappa shape index (κ1) is 24.9. The van der Waals surface area contributed by atoms with E-state index < -0.39 is 0 Å². The molecule has 5 atom stereocenters. The first-order valence-corrected chi connectivity index (χ1v) is 14.0. The lowest BCUT2D eigenvalue weighted by Crippen LogP contribution is -2.44. The monoisotopic (exact) mass is 524 g/mol. The number of fused-ring (bicyclic) bond motifs is 2. The highest BCUT2D eigenvalue weighted by Crippen LogP contribution is 2.48. The standard InChI is InChI=1S/C32H33ClN4O/c1-20-11-13-25(27-18-31-22(16-26(20)27)19-35-37(31)24-8-4-3-5-9-24)21(2)32(38)36-23-12-14-29(33)28(17-23)30-10-6-7-15-34-30/h3-10,12,14-15,17,19-21,25-27H,11,13,16,18H2,1-2H3,(H,36,38)/t20-,21-,25+,26+,27-/m1/s1. The Balaban J connectivity index is 1.23. The van der Waals surface area contributed by atoms with Gasteiger partial charge in [0.1, 0.15) is 0 Å². The van der Waals surface area contributed by atoms with E-state index in [1.165, 1.54) is 11.3 Å². The summed E-state index contributed by atoms with van der Waals surface area (Å²) in [7, 11) is 0. The van der Waals surface area contributed by atoms with Crippen molar-refractivity contribution >= 4 is 23.2 Å². The maximum absolute atomic E-state index is 13.6. The van der Waals surface area contributed by atoms with E-state index in [4.69, 9.17) is 16.7 Å². The largest absolute Gasteiger partial charge is 0.326 e. The van der Waals surface area contributed by atoms with Gasteiger partial charge in [0.05, 0.1) is 22.6 Å². The average Bonchev–Trinajstić information content (AvgIpc) is 3.37. The zero-order chi connectivity index (χ0) is 26.2. The van der Waals surface area contributed by atoms with E-state index >= 15 is 0 Å². The maximum Gasteiger partial charge on any atom is 0.227 e. The second kappa shape index (κ2) is 10.4. The normalized spacial score (nSPS) is 23.2. The highest BCUT2D eigenvalue weighted by atomic mass is 35.5. The van der Waals surface area contributed by atoms with Crippen LogP contribution in [0.25, 0.3) is 16.9 Å². The van der Waals surface area contributed by atoms with E-state index in [9.17, 15) is 4.79 Å². The lowest BCUT2D eigenvalue weighted by molar-refractivity contribution is -0.123. The number of hydrogen-bond donors (Lipinski definition) is 1. The molecule has 5 nitrogen and oxygen atoms in total. The van der Waals surface area contributed by atoms with Crippen LogP contribution >= 0.6 is 11.6 Å². The molecule has 4 aromatic rings. The number of halogens is 1. The van der Waals surface area contributed by atoms with Crippen LogP contribution in [0.5, 0.6) is 0 Å². The van der Waals surface area contributed by atoms with Crippen LogP contribution in [0.15, 0.2) is 79.1 Å². The number of benzene rings is 2. The zero-order valence-corrected chi connectivity index (χ0v) is 22.6. The van der Waals surface area contributed by atoms with Gasteiger partial charge in [-0.1, -0.05) is 56.1 Å². The summed E-state index contributed by atoms with van der Waals surface area (Å²) < 4.78 is 2.11. The van der Waals surface area contributed by atoms with Crippen molar-refractivity contribution in [3.05, 3.63) is 95.4 Å². The first-order chi connectivity index (χ1) is 18.5. The predicted octanol–water partition coefficient (Wildman–Crippen LogP) is 7.24. The van der Waals surface area contributed by atoms with E-state index in [0.29, 0.717) is 28.7 Å². The van der Waals surface area contributed by atoms with Crippen molar-refractivity contribution in [2.75, 3.05) is 5.32 Å². The second-order valence-electron chi connectivity index (χ2n) is 11.0. The molecule has 0 aliphatic heterocycles. The van der Waals surface area contributed by atoms with Gasteiger partial charge in [-0.15, -0.1) is 0 Å². The lowest BCUT2D eigenvalue weighted by atomic mass is 9.58. The van der Waals surface area contributed by atoms with Crippen molar-refractivity contribution in [3.8, 4) is 16.9 Å². The summed E-state index contributed by atoms with van der Waals surface area (Å²) in [6, 6.07) is 21.7. The van der Waals surface area contributed by atoms with Crippen molar-refractivity contribution in [3.63, 3.8) is 0 Å². The molecule has 1 saturated carbocycles. The number of nitrogens with zero attached hydrogens (tertiary/aromatic N) is 3. The molecule has 0 unspecified atom stereocenters. The molecule has 1 fully saturated rings. The number of aromatic nitrogens is 3. The summed E-state index contributed by atoms with van der Waals surface area (Å²) in [5, 5.41) is 8.58. The molecule has 1 N–H and O–H groups in total. The number of hydrogen-bond acceptors (Lipinski definition) is 3. The second-order valence-corrected chi connectivity index (χ2v) is 11.4. The smallest absolute Gasteiger partial charge is 0.227 e. The fourth-order valence-electron chi connectivity index (χ4n) is 6.74. The molecule has 2 heterocycles. The summed E-state index contributed by atoms with van der Waals surface area (Å²) in [6.45, 7) is 4.49. The van der Waals surface area contributed by atoms with Gasteiger partial charge < -0.3 is 5.32 Å². The third kappa shape index (κ3) is 4.64. The quantitative estimate of drug-likeness (QED) is 0.299. The molecule has 38 heavy (non-hydrogen) atoms. The minimum Gasteiger partial charge on any atom is -0.326 e. The summed E-state index contributed by atoms with van der Waals surface area (Å²) >= 11 is 6.47. The molecule has 6 rings (SSSR count). The number of amides is 1. The van der Waals surface area contributed by atoms with Crippen LogP contribution in [0, 0.1) is 29.6 Å². The Kier molecular flexibility index (Phi) is 6.79. The fourth-order valence-corrected chi connectivity index (χ4v) is 6.95. The Labute approximate surface area is 229 Å². The third-order valence-electron chi connectivity index (χ3n) is 8.86. The van der Waals surface area contributed by atoms with Crippen molar-refractivity contribution in [1.82, 2.24) is 14.8 Å². The average molecular weight is 525 g/mol. The third-order valence-corrected chi connectivity index (χ3v) is 9.19. The molecule has 0 saturated heterocycles. The SMILES string of the molecule is C[C@@H]1CC[C@@H]([C@@H](C)C(=O)Nc2ccc(Cl)c(-c3ccccn3)c2)[C@H]2Cc3c(cnn3-c3ccccc3)C[C@H]21. The number of anilines is 1. The Morgan fingerprint density at radius 2 is 1.84 bits per heavy atom. The number of carbonyl (C=O) groups excluding carboxylic acids is 1. The minimum absolute atomic E-state index is 0.0694. The van der Waals surface area contributed by atoms with Crippen molar-refractivity contribution in [2.24, 2.45) is 29.6 Å². The van der Waals surface area contributed by atoms with E-state index in [2.05, 4.69) is 59.3 Å². The number of rotatable bonds is 5. The lowest BCUT2D eigenvalue weighted by Gasteiger charge is -2.46. The van der Waals surface area contributed by atoms with Gasteiger partial charge in [0, 0.05) is 29.1 Å². The Morgan fingerprint density at radius 1 is 1.03 bits per heavy atom. The Hall–Kier alpha value is -3.44. The molecule has 2 aromatic carbocycles. The molecule has 0 bridgehead atoms. The molecule has 1 amide bonds. The predicted molar refractivity (Wildman–Crippen MR) is 152 cm³/mol. The van der Waals surface area contributed by atoms with Crippen LogP contribution in [0.1, 0.15) is 37.9 Å². The van der Waals surface area contributed by atoms with Gasteiger partial charge in [-0.2, -0.15) is 5.10 Å². The van der Waals surface area contributed by atoms with E-state index in [1.54, 1.807) is 6.20 Å². The molecule has 2 aliphatic rings. The van der Waals surface area contributed by atoms with Crippen molar-refractivity contribution < 1.29 is 4.79 Å². The van der Waals surface area contributed by atoms with Gasteiger partial charge in [-0.3, -0.25) is 9.78 Å². The van der Waals surface area contributed by atoms with Gasteiger partial charge in [-0.25, -0.2) is 4.68 Å². The molecular weight excluding hydrogens is 492 g/mol. The molecule has 0 radical (unpaired) electrons. The van der Waals surface area contributed by atoms with Crippen LogP contribution in [0.4, 0.5) is 5.69 Å². The van der Waals surface area contributed by atoms with Crippen LogP contribution < -0.4 is 5.32 Å². The summed E-state index contributed by atoms with van der Waals surface area (Å²) in [6.07, 6.45) is 8.06. The Bertz CT molecular complexity index is 1430. The van der Waals surface area contributed by atoms with Gasteiger partial charge in [0.15, 0.2) is 0 Å². The van der Waals surface area contributed by atoms with Crippen molar-refractivity contribution in [2.45, 2.75) is 39.5 Å². The summed E-state index contributed by atoms with van der Waals surface area (Å²) in [5.74, 6) is 1.98.